The van der Waals surface area contributed by atoms with Crippen LogP contribution in [0.1, 0.15) is 53.4 Å². The van der Waals surface area contributed by atoms with Crippen LogP contribution in [0.15, 0.2) is 11.6 Å². The number of hydrogen-bond donors (Lipinski definition) is 0. The van der Waals surface area contributed by atoms with Crippen LogP contribution < -0.4 is 0 Å². The number of hydrogen-bond acceptors (Lipinski definition) is 1. The van der Waals surface area contributed by atoms with E-state index in [2.05, 4.69) is 49.7 Å². The zero-order valence-corrected chi connectivity index (χ0v) is 12.9. The molecule has 0 bridgehead atoms. The van der Waals surface area contributed by atoms with Crippen molar-refractivity contribution in [1.29, 1.82) is 0 Å². The Morgan fingerprint density at radius 1 is 1.29 bits per heavy atom. The van der Waals surface area contributed by atoms with Crippen molar-refractivity contribution < 1.29 is 4.74 Å². The van der Waals surface area contributed by atoms with Crippen LogP contribution in [-0.2, 0) is 4.74 Å². The van der Waals surface area contributed by atoms with Gasteiger partial charge in [-0.15, -0.1) is 0 Å². The molecule has 0 aromatic rings. The highest BCUT2D eigenvalue weighted by Gasteiger charge is 2.64. The van der Waals surface area contributed by atoms with Crippen LogP contribution >= 0.6 is 15.9 Å². The molecule has 0 aromatic carbocycles. The van der Waals surface area contributed by atoms with Gasteiger partial charge in [0.05, 0.1) is 11.7 Å². The van der Waals surface area contributed by atoms with Crippen LogP contribution in [0.2, 0.25) is 0 Å². The molecule has 17 heavy (non-hydrogen) atoms. The Labute approximate surface area is 113 Å². The fraction of sp³-hybridized carbons (Fsp3) is 0.867. The van der Waals surface area contributed by atoms with Crippen molar-refractivity contribution in [2.75, 3.05) is 0 Å². The predicted octanol–water partition coefficient (Wildman–Crippen LogP) is 4.45. The normalized spacial score (nSPS) is 51.9. The maximum absolute atomic E-state index is 5.93. The van der Waals surface area contributed by atoms with Crippen LogP contribution in [0.5, 0.6) is 0 Å². The topological polar surface area (TPSA) is 12.5 Å². The Balaban J connectivity index is 1.99. The summed E-state index contributed by atoms with van der Waals surface area (Å²) in [5.41, 5.74) is 2.52. The number of rotatable bonds is 0. The summed E-state index contributed by atoms with van der Waals surface area (Å²) < 4.78 is 5.93. The standard InChI is InChI=1S/C15H23BrO/c1-10-5-6-11(16)13(2,3)15(10)8-7-14(4)12(9-15)17-14/h5,11-12H,6-9H2,1-4H3/t11-,12-,14-,15+/m1/s1. The van der Waals surface area contributed by atoms with Gasteiger partial charge in [-0.05, 0) is 50.4 Å². The molecule has 1 aliphatic heterocycles. The van der Waals surface area contributed by atoms with Gasteiger partial charge in [0.2, 0.25) is 0 Å². The van der Waals surface area contributed by atoms with E-state index in [-0.39, 0.29) is 5.60 Å². The quantitative estimate of drug-likeness (QED) is 0.366. The summed E-state index contributed by atoms with van der Waals surface area (Å²) in [5.74, 6) is 0. The first kappa shape index (κ1) is 12.2. The fourth-order valence-electron chi connectivity index (χ4n) is 4.17. The molecule has 4 atom stereocenters. The maximum atomic E-state index is 5.93. The van der Waals surface area contributed by atoms with E-state index in [1.54, 1.807) is 5.57 Å². The van der Waals surface area contributed by atoms with Gasteiger partial charge in [0, 0.05) is 4.83 Å². The van der Waals surface area contributed by atoms with Crippen molar-refractivity contribution in [3.63, 3.8) is 0 Å². The first-order valence-corrected chi connectivity index (χ1v) is 7.73. The van der Waals surface area contributed by atoms with Crippen LogP contribution in [0.4, 0.5) is 0 Å². The largest absolute Gasteiger partial charge is 0.366 e. The number of halogens is 1. The Bertz CT molecular complexity index is 386. The highest BCUT2D eigenvalue weighted by Crippen LogP contribution is 2.65. The first-order chi connectivity index (χ1) is 7.82. The van der Waals surface area contributed by atoms with Gasteiger partial charge in [-0.2, -0.15) is 0 Å². The molecular weight excluding hydrogens is 276 g/mol. The van der Waals surface area contributed by atoms with Gasteiger partial charge in [-0.1, -0.05) is 41.4 Å². The van der Waals surface area contributed by atoms with Gasteiger partial charge < -0.3 is 4.74 Å². The lowest BCUT2D eigenvalue weighted by Crippen LogP contribution is -2.50. The summed E-state index contributed by atoms with van der Waals surface area (Å²) >= 11 is 3.91. The zero-order valence-electron chi connectivity index (χ0n) is 11.3. The van der Waals surface area contributed by atoms with E-state index < -0.39 is 0 Å². The molecule has 3 aliphatic rings. The van der Waals surface area contributed by atoms with Gasteiger partial charge in [-0.3, -0.25) is 0 Å². The lowest BCUT2D eigenvalue weighted by molar-refractivity contribution is 0.0558. The number of fused-ring (bicyclic) bond motifs is 1. The van der Waals surface area contributed by atoms with Crippen molar-refractivity contribution in [3.05, 3.63) is 11.6 Å². The molecule has 2 fully saturated rings. The van der Waals surface area contributed by atoms with Crippen LogP contribution in [0.25, 0.3) is 0 Å². The minimum atomic E-state index is 0.223. The molecule has 1 saturated carbocycles. The Morgan fingerprint density at radius 2 is 2.00 bits per heavy atom. The molecule has 2 aliphatic carbocycles. The molecule has 0 unspecified atom stereocenters. The van der Waals surface area contributed by atoms with Crippen molar-refractivity contribution in [2.24, 2.45) is 10.8 Å². The highest BCUT2D eigenvalue weighted by atomic mass is 79.9. The second-order valence-electron chi connectivity index (χ2n) is 7.02. The van der Waals surface area contributed by atoms with E-state index in [4.69, 9.17) is 4.74 Å². The average molecular weight is 299 g/mol. The van der Waals surface area contributed by atoms with Crippen LogP contribution in [0.3, 0.4) is 0 Å². The Morgan fingerprint density at radius 3 is 2.65 bits per heavy atom. The molecule has 0 N–H and O–H groups in total. The Kier molecular flexibility index (Phi) is 2.44. The number of ether oxygens (including phenoxy) is 1. The summed E-state index contributed by atoms with van der Waals surface area (Å²) in [6, 6.07) is 0. The molecular formula is C15H23BrO. The monoisotopic (exact) mass is 298 g/mol. The van der Waals surface area contributed by atoms with Gasteiger partial charge in [-0.25, -0.2) is 0 Å². The van der Waals surface area contributed by atoms with E-state index >= 15 is 0 Å². The minimum Gasteiger partial charge on any atom is -0.366 e. The predicted molar refractivity (Wildman–Crippen MR) is 74.4 cm³/mol. The van der Waals surface area contributed by atoms with Crippen molar-refractivity contribution in [2.45, 2.75) is 69.9 Å². The SMILES string of the molecule is CC1=CC[C@@H](Br)C(C)(C)[C@]12CC[C@@]1(C)O[C@@H]1C2. The summed E-state index contributed by atoms with van der Waals surface area (Å²) in [6.07, 6.45) is 7.88. The van der Waals surface area contributed by atoms with Gasteiger partial charge >= 0.3 is 0 Å². The molecule has 0 radical (unpaired) electrons. The number of allylic oxidation sites excluding steroid dienone is 2. The summed E-state index contributed by atoms with van der Waals surface area (Å²) in [7, 11) is 0. The third-order valence-electron chi connectivity index (χ3n) is 6.02. The lowest BCUT2D eigenvalue weighted by atomic mass is 9.51. The van der Waals surface area contributed by atoms with Crippen molar-refractivity contribution in [3.8, 4) is 0 Å². The molecule has 3 rings (SSSR count). The van der Waals surface area contributed by atoms with Crippen LogP contribution in [0, 0.1) is 10.8 Å². The fourth-order valence-corrected chi connectivity index (χ4v) is 4.80. The average Bonchev–Trinajstić information content (AvgIpc) is 2.93. The molecule has 2 heteroatoms. The molecule has 1 spiro atoms. The lowest BCUT2D eigenvalue weighted by Gasteiger charge is -2.55. The summed E-state index contributed by atoms with van der Waals surface area (Å²) in [5, 5.41) is 0. The second kappa shape index (κ2) is 3.39. The molecule has 0 aromatic heterocycles. The summed E-state index contributed by atoms with van der Waals surface area (Å²) in [4.78, 5) is 0.599. The van der Waals surface area contributed by atoms with Gasteiger partial charge in [0.1, 0.15) is 0 Å². The molecule has 1 heterocycles. The van der Waals surface area contributed by atoms with Crippen LogP contribution in [-0.4, -0.2) is 16.5 Å². The third kappa shape index (κ3) is 1.46. The smallest absolute Gasteiger partial charge is 0.0921 e. The van der Waals surface area contributed by atoms with Crippen molar-refractivity contribution in [1.82, 2.24) is 0 Å². The zero-order chi connectivity index (χ0) is 12.5. The molecule has 96 valence electrons. The van der Waals surface area contributed by atoms with E-state index in [1.807, 2.05) is 0 Å². The van der Waals surface area contributed by atoms with E-state index in [0.29, 0.717) is 21.8 Å². The Hall–Kier alpha value is 0.180. The number of alkyl halides is 1. The van der Waals surface area contributed by atoms with E-state index in [1.165, 1.54) is 25.7 Å². The molecule has 0 amide bonds. The number of epoxide rings is 1. The van der Waals surface area contributed by atoms with Crippen molar-refractivity contribution >= 4 is 15.9 Å². The van der Waals surface area contributed by atoms with Gasteiger partial charge in [0.25, 0.3) is 0 Å². The molecule has 1 nitrogen and oxygen atoms in total. The summed E-state index contributed by atoms with van der Waals surface area (Å²) in [6.45, 7) is 9.50. The van der Waals surface area contributed by atoms with E-state index in [0.717, 1.165) is 0 Å². The third-order valence-corrected chi connectivity index (χ3v) is 7.54. The van der Waals surface area contributed by atoms with E-state index in [9.17, 15) is 0 Å². The first-order valence-electron chi connectivity index (χ1n) is 6.81. The molecule has 1 saturated heterocycles. The second-order valence-corrected chi connectivity index (χ2v) is 8.12. The minimum absolute atomic E-state index is 0.223. The maximum Gasteiger partial charge on any atom is 0.0921 e. The highest BCUT2D eigenvalue weighted by molar-refractivity contribution is 9.09. The van der Waals surface area contributed by atoms with Gasteiger partial charge in [0.15, 0.2) is 0 Å².